The first-order valence-corrected chi connectivity index (χ1v) is 7.02. The molecule has 0 aromatic carbocycles. The molecule has 1 amide bonds. The molecule has 5 heteroatoms. The van der Waals surface area contributed by atoms with Gasteiger partial charge in [-0.25, -0.2) is 0 Å². The topological polar surface area (TPSA) is 62.0 Å². The SMILES string of the molecule is CSC1CCCC1NC(=O)c1cc[nH]c(=O)c1. The Morgan fingerprint density at radius 2 is 2.35 bits per heavy atom. The number of carbonyl (C=O) groups is 1. The van der Waals surface area contributed by atoms with Crippen LogP contribution in [0.4, 0.5) is 0 Å². The van der Waals surface area contributed by atoms with E-state index in [1.54, 1.807) is 17.8 Å². The quantitative estimate of drug-likeness (QED) is 0.854. The zero-order chi connectivity index (χ0) is 12.3. The van der Waals surface area contributed by atoms with E-state index in [0.29, 0.717) is 10.8 Å². The Balaban J connectivity index is 2.04. The normalized spacial score (nSPS) is 23.6. The summed E-state index contributed by atoms with van der Waals surface area (Å²) in [5.74, 6) is -0.151. The predicted molar refractivity (Wildman–Crippen MR) is 69.5 cm³/mol. The fourth-order valence-electron chi connectivity index (χ4n) is 2.21. The molecule has 92 valence electrons. The van der Waals surface area contributed by atoms with Gasteiger partial charge in [-0.3, -0.25) is 9.59 Å². The predicted octanol–water partition coefficient (Wildman–Crippen LogP) is 1.39. The van der Waals surface area contributed by atoms with Crippen LogP contribution >= 0.6 is 11.8 Å². The number of aromatic amines is 1. The van der Waals surface area contributed by atoms with Gasteiger partial charge in [0, 0.05) is 29.1 Å². The molecular formula is C12H16N2O2S. The lowest BCUT2D eigenvalue weighted by molar-refractivity contribution is 0.0938. The molecule has 1 aliphatic carbocycles. The Labute approximate surface area is 104 Å². The number of hydrogen-bond donors (Lipinski definition) is 2. The van der Waals surface area contributed by atoms with E-state index in [9.17, 15) is 9.59 Å². The minimum absolute atomic E-state index is 0.151. The molecule has 1 fully saturated rings. The van der Waals surface area contributed by atoms with E-state index in [4.69, 9.17) is 0 Å². The molecule has 1 aliphatic rings. The second kappa shape index (κ2) is 5.40. The van der Waals surface area contributed by atoms with Crippen LogP contribution in [0.1, 0.15) is 29.6 Å². The molecule has 0 radical (unpaired) electrons. The van der Waals surface area contributed by atoms with Crippen LogP contribution in [0.2, 0.25) is 0 Å². The smallest absolute Gasteiger partial charge is 0.251 e. The van der Waals surface area contributed by atoms with Crippen molar-refractivity contribution in [3.05, 3.63) is 34.2 Å². The van der Waals surface area contributed by atoms with Crippen LogP contribution in [0.5, 0.6) is 0 Å². The lowest BCUT2D eigenvalue weighted by atomic mass is 10.2. The van der Waals surface area contributed by atoms with Crippen LogP contribution in [0.3, 0.4) is 0 Å². The first kappa shape index (κ1) is 12.2. The van der Waals surface area contributed by atoms with Crippen LogP contribution < -0.4 is 10.9 Å². The van der Waals surface area contributed by atoms with Crippen LogP contribution in [-0.4, -0.2) is 28.4 Å². The van der Waals surface area contributed by atoms with Crippen molar-refractivity contribution in [2.24, 2.45) is 0 Å². The Morgan fingerprint density at radius 1 is 1.53 bits per heavy atom. The van der Waals surface area contributed by atoms with Crippen LogP contribution in [-0.2, 0) is 0 Å². The summed E-state index contributed by atoms with van der Waals surface area (Å²) >= 11 is 1.80. The Morgan fingerprint density at radius 3 is 3.06 bits per heavy atom. The summed E-state index contributed by atoms with van der Waals surface area (Å²) in [7, 11) is 0. The maximum absolute atomic E-state index is 11.9. The first-order chi connectivity index (χ1) is 8.20. The average Bonchev–Trinajstić information content (AvgIpc) is 2.76. The number of aromatic nitrogens is 1. The number of nitrogens with one attached hydrogen (secondary N) is 2. The highest BCUT2D eigenvalue weighted by molar-refractivity contribution is 7.99. The Kier molecular flexibility index (Phi) is 3.89. The highest BCUT2D eigenvalue weighted by Crippen LogP contribution is 2.28. The van der Waals surface area contributed by atoms with Crippen molar-refractivity contribution < 1.29 is 4.79 Å². The summed E-state index contributed by atoms with van der Waals surface area (Å²) in [5.41, 5.74) is 0.186. The van der Waals surface area contributed by atoms with Gasteiger partial charge in [0.2, 0.25) is 5.56 Å². The molecule has 1 aromatic rings. The van der Waals surface area contributed by atoms with Gasteiger partial charge >= 0.3 is 0 Å². The van der Waals surface area contributed by atoms with Gasteiger partial charge in [0.25, 0.3) is 5.91 Å². The minimum Gasteiger partial charge on any atom is -0.348 e. The maximum atomic E-state index is 11.9. The number of rotatable bonds is 3. The van der Waals surface area contributed by atoms with Gasteiger partial charge in [-0.05, 0) is 25.2 Å². The average molecular weight is 252 g/mol. The summed E-state index contributed by atoms with van der Waals surface area (Å²) in [6.07, 6.45) is 6.91. The highest BCUT2D eigenvalue weighted by Gasteiger charge is 2.27. The van der Waals surface area contributed by atoms with Gasteiger partial charge in [-0.1, -0.05) is 6.42 Å². The standard InChI is InChI=1S/C12H16N2O2S/c1-17-10-4-2-3-9(10)14-12(16)8-5-6-13-11(15)7-8/h5-7,9-10H,2-4H2,1H3,(H,13,15)(H,14,16). The molecular weight excluding hydrogens is 236 g/mol. The van der Waals surface area contributed by atoms with E-state index >= 15 is 0 Å². The molecule has 0 saturated heterocycles. The van der Waals surface area contributed by atoms with Crippen molar-refractivity contribution in [1.82, 2.24) is 10.3 Å². The monoisotopic (exact) mass is 252 g/mol. The summed E-state index contributed by atoms with van der Waals surface area (Å²) in [5, 5.41) is 3.51. The lowest BCUT2D eigenvalue weighted by Gasteiger charge is -2.18. The summed E-state index contributed by atoms with van der Waals surface area (Å²) in [6, 6.07) is 3.19. The van der Waals surface area contributed by atoms with Crippen molar-refractivity contribution in [2.45, 2.75) is 30.6 Å². The van der Waals surface area contributed by atoms with Crippen molar-refractivity contribution in [1.29, 1.82) is 0 Å². The largest absolute Gasteiger partial charge is 0.348 e. The number of carbonyl (C=O) groups excluding carboxylic acids is 1. The first-order valence-electron chi connectivity index (χ1n) is 5.73. The molecule has 1 heterocycles. The van der Waals surface area contributed by atoms with E-state index in [2.05, 4.69) is 16.6 Å². The Hall–Kier alpha value is -1.23. The van der Waals surface area contributed by atoms with Crippen molar-refractivity contribution >= 4 is 17.7 Å². The second-order valence-electron chi connectivity index (χ2n) is 4.23. The van der Waals surface area contributed by atoms with Gasteiger partial charge < -0.3 is 10.3 Å². The molecule has 0 aliphatic heterocycles. The van der Waals surface area contributed by atoms with Crippen LogP contribution in [0, 0.1) is 0 Å². The fraction of sp³-hybridized carbons (Fsp3) is 0.500. The molecule has 2 atom stereocenters. The van der Waals surface area contributed by atoms with Gasteiger partial charge in [-0.2, -0.15) is 11.8 Å². The van der Waals surface area contributed by atoms with Crippen LogP contribution in [0.15, 0.2) is 23.1 Å². The zero-order valence-electron chi connectivity index (χ0n) is 9.73. The number of pyridine rings is 1. The highest BCUT2D eigenvalue weighted by atomic mass is 32.2. The molecule has 0 spiro atoms. The molecule has 2 rings (SSSR count). The van der Waals surface area contributed by atoms with E-state index in [-0.39, 0.29) is 17.5 Å². The summed E-state index contributed by atoms with van der Waals surface area (Å²) < 4.78 is 0. The van der Waals surface area contributed by atoms with E-state index in [1.165, 1.54) is 12.3 Å². The lowest BCUT2D eigenvalue weighted by Crippen LogP contribution is -2.38. The second-order valence-corrected chi connectivity index (χ2v) is 5.30. The molecule has 0 bridgehead atoms. The number of hydrogen-bond acceptors (Lipinski definition) is 3. The summed E-state index contributed by atoms with van der Waals surface area (Å²) in [6.45, 7) is 0. The molecule has 2 N–H and O–H groups in total. The van der Waals surface area contributed by atoms with Crippen molar-refractivity contribution in [2.75, 3.05) is 6.26 Å². The molecule has 17 heavy (non-hydrogen) atoms. The van der Waals surface area contributed by atoms with Gasteiger partial charge in [0.05, 0.1) is 0 Å². The van der Waals surface area contributed by atoms with Crippen molar-refractivity contribution in [3.63, 3.8) is 0 Å². The third-order valence-electron chi connectivity index (χ3n) is 3.11. The molecule has 1 saturated carbocycles. The van der Waals surface area contributed by atoms with Gasteiger partial charge in [0.15, 0.2) is 0 Å². The van der Waals surface area contributed by atoms with Gasteiger partial charge in [-0.15, -0.1) is 0 Å². The Bertz CT molecular complexity index is 458. The molecule has 4 nitrogen and oxygen atoms in total. The van der Waals surface area contributed by atoms with Crippen LogP contribution in [0.25, 0.3) is 0 Å². The third-order valence-corrected chi connectivity index (χ3v) is 4.28. The summed E-state index contributed by atoms with van der Waals surface area (Å²) in [4.78, 5) is 25.6. The fourth-order valence-corrected chi connectivity index (χ4v) is 3.15. The third kappa shape index (κ3) is 2.91. The number of amides is 1. The van der Waals surface area contributed by atoms with E-state index < -0.39 is 0 Å². The van der Waals surface area contributed by atoms with E-state index in [0.717, 1.165) is 19.3 Å². The van der Waals surface area contributed by atoms with Gasteiger partial charge in [0.1, 0.15) is 0 Å². The molecule has 1 aromatic heterocycles. The van der Waals surface area contributed by atoms with E-state index in [1.807, 2.05) is 0 Å². The minimum atomic E-state index is -0.245. The number of H-pyrrole nitrogens is 1. The zero-order valence-corrected chi connectivity index (χ0v) is 10.5. The maximum Gasteiger partial charge on any atom is 0.251 e. The molecule has 2 unspecified atom stereocenters. The number of thioether (sulfide) groups is 1. The van der Waals surface area contributed by atoms with Crippen molar-refractivity contribution in [3.8, 4) is 0 Å².